The lowest BCUT2D eigenvalue weighted by molar-refractivity contribution is -0.117. The first-order valence-electron chi connectivity index (χ1n) is 6.47. The zero-order valence-corrected chi connectivity index (χ0v) is 11.4. The van der Waals surface area contributed by atoms with Gasteiger partial charge in [-0.2, -0.15) is 5.10 Å². The van der Waals surface area contributed by atoms with Crippen molar-refractivity contribution in [2.24, 2.45) is 0 Å². The van der Waals surface area contributed by atoms with E-state index in [0.717, 1.165) is 22.3 Å². The molecule has 6 heteroatoms. The molecule has 102 valence electrons. The highest BCUT2D eigenvalue weighted by atomic mass is 16.1. The van der Waals surface area contributed by atoms with E-state index in [9.17, 15) is 4.79 Å². The number of carbonyl (C=O) groups is 1. The van der Waals surface area contributed by atoms with E-state index in [1.54, 1.807) is 17.8 Å². The van der Waals surface area contributed by atoms with Crippen LogP contribution in [0.1, 0.15) is 26.3 Å². The van der Waals surface area contributed by atoms with E-state index in [1.165, 1.54) is 6.33 Å². The first kappa shape index (κ1) is 12.5. The number of hydrogen-bond acceptors (Lipinski definition) is 4. The summed E-state index contributed by atoms with van der Waals surface area (Å²) in [6.07, 6.45) is 7.54. The molecule has 3 aromatic heterocycles. The van der Waals surface area contributed by atoms with Crippen LogP contribution in [0.2, 0.25) is 0 Å². The highest BCUT2D eigenvalue weighted by molar-refractivity contribution is 5.90. The molecule has 0 aliphatic rings. The summed E-state index contributed by atoms with van der Waals surface area (Å²) in [7, 11) is 0. The van der Waals surface area contributed by atoms with Crippen LogP contribution in [0.25, 0.3) is 22.3 Å². The van der Waals surface area contributed by atoms with Crippen molar-refractivity contribution in [3.63, 3.8) is 0 Å². The summed E-state index contributed by atoms with van der Waals surface area (Å²) in [4.78, 5) is 22.7. The number of rotatable bonds is 4. The topological polar surface area (TPSA) is 76.5 Å². The molecule has 3 aromatic rings. The van der Waals surface area contributed by atoms with Crippen molar-refractivity contribution in [2.45, 2.75) is 26.3 Å². The molecule has 0 saturated carbocycles. The van der Waals surface area contributed by atoms with Gasteiger partial charge in [-0.1, -0.05) is 0 Å². The molecule has 0 fully saturated rings. The van der Waals surface area contributed by atoms with Crippen molar-refractivity contribution in [3.05, 3.63) is 31.0 Å². The first-order chi connectivity index (χ1) is 9.65. The molecule has 1 unspecified atom stereocenters. The fourth-order valence-corrected chi connectivity index (χ4v) is 2.31. The van der Waals surface area contributed by atoms with Crippen LogP contribution in [0, 0.1) is 0 Å². The van der Waals surface area contributed by atoms with Gasteiger partial charge in [0.1, 0.15) is 17.8 Å². The van der Waals surface area contributed by atoms with Crippen molar-refractivity contribution < 1.29 is 4.79 Å². The second kappa shape index (κ2) is 4.88. The molecule has 0 spiro atoms. The summed E-state index contributed by atoms with van der Waals surface area (Å²) in [5.41, 5.74) is 2.57. The Morgan fingerprint density at radius 1 is 1.45 bits per heavy atom. The summed E-state index contributed by atoms with van der Waals surface area (Å²) in [5, 5.41) is 5.29. The van der Waals surface area contributed by atoms with E-state index in [4.69, 9.17) is 0 Å². The monoisotopic (exact) mass is 269 g/mol. The Kier molecular flexibility index (Phi) is 3.06. The summed E-state index contributed by atoms with van der Waals surface area (Å²) in [5.74, 6) is 0.157. The fraction of sp³-hybridized carbons (Fsp3) is 0.286. The van der Waals surface area contributed by atoms with E-state index in [-0.39, 0.29) is 11.8 Å². The molecule has 0 aliphatic heterocycles. The maximum atomic E-state index is 11.2. The number of fused-ring (bicyclic) bond motifs is 1. The Morgan fingerprint density at radius 2 is 2.30 bits per heavy atom. The Hall–Kier alpha value is -2.50. The van der Waals surface area contributed by atoms with Gasteiger partial charge in [0.05, 0.1) is 17.9 Å². The van der Waals surface area contributed by atoms with Crippen LogP contribution in [0.5, 0.6) is 0 Å². The number of nitrogens with one attached hydrogen (secondary N) is 1. The van der Waals surface area contributed by atoms with Crippen molar-refractivity contribution in [3.8, 4) is 11.3 Å². The lowest BCUT2D eigenvalue weighted by Crippen LogP contribution is -2.09. The van der Waals surface area contributed by atoms with Gasteiger partial charge in [-0.3, -0.25) is 9.48 Å². The highest BCUT2D eigenvalue weighted by Crippen LogP contribution is 2.25. The lowest BCUT2D eigenvalue weighted by Gasteiger charge is -2.09. The molecule has 0 saturated heterocycles. The van der Waals surface area contributed by atoms with Crippen LogP contribution in [-0.4, -0.2) is 30.5 Å². The minimum Gasteiger partial charge on any atom is -0.346 e. The third-order valence-electron chi connectivity index (χ3n) is 3.26. The standard InChI is InChI=1S/C14H15N5O/c1-9(5-10(2)20)19-7-11(6-18-19)13-12-3-4-15-14(12)17-8-16-13/h3-4,6-9H,5H2,1-2H3,(H,15,16,17). The predicted molar refractivity (Wildman–Crippen MR) is 75.1 cm³/mol. The lowest BCUT2D eigenvalue weighted by atomic mass is 10.1. The van der Waals surface area contributed by atoms with Crippen LogP contribution in [0.4, 0.5) is 0 Å². The average Bonchev–Trinajstić information content (AvgIpc) is 3.06. The quantitative estimate of drug-likeness (QED) is 0.788. The van der Waals surface area contributed by atoms with Gasteiger partial charge in [0.15, 0.2) is 0 Å². The van der Waals surface area contributed by atoms with E-state index in [0.29, 0.717) is 6.42 Å². The number of hydrogen-bond donors (Lipinski definition) is 1. The molecule has 3 heterocycles. The summed E-state index contributed by atoms with van der Waals surface area (Å²) >= 11 is 0. The van der Waals surface area contributed by atoms with E-state index in [2.05, 4.69) is 20.1 Å². The van der Waals surface area contributed by atoms with Gasteiger partial charge in [-0.25, -0.2) is 9.97 Å². The Balaban J connectivity index is 1.97. The summed E-state index contributed by atoms with van der Waals surface area (Å²) < 4.78 is 1.80. The van der Waals surface area contributed by atoms with Crippen molar-refractivity contribution in [1.82, 2.24) is 24.7 Å². The molecule has 0 amide bonds. The molecular formula is C14H15N5O. The zero-order chi connectivity index (χ0) is 14.1. The minimum absolute atomic E-state index is 0.0461. The number of nitrogens with zero attached hydrogens (tertiary/aromatic N) is 4. The van der Waals surface area contributed by atoms with Crippen molar-refractivity contribution in [1.29, 1.82) is 0 Å². The average molecular weight is 269 g/mol. The molecule has 1 N–H and O–H groups in total. The fourth-order valence-electron chi connectivity index (χ4n) is 2.31. The van der Waals surface area contributed by atoms with Gasteiger partial charge in [0.2, 0.25) is 0 Å². The van der Waals surface area contributed by atoms with E-state index >= 15 is 0 Å². The van der Waals surface area contributed by atoms with Crippen LogP contribution in [0.15, 0.2) is 31.0 Å². The number of carbonyl (C=O) groups excluding carboxylic acids is 1. The molecule has 0 aliphatic carbocycles. The second-order valence-electron chi connectivity index (χ2n) is 4.93. The highest BCUT2D eigenvalue weighted by Gasteiger charge is 2.13. The molecule has 0 bridgehead atoms. The molecule has 6 nitrogen and oxygen atoms in total. The van der Waals surface area contributed by atoms with Gasteiger partial charge in [0.25, 0.3) is 0 Å². The van der Waals surface area contributed by atoms with Gasteiger partial charge in [0, 0.05) is 29.8 Å². The van der Waals surface area contributed by atoms with Crippen molar-refractivity contribution in [2.75, 3.05) is 0 Å². The third kappa shape index (κ3) is 2.20. The van der Waals surface area contributed by atoms with Crippen LogP contribution < -0.4 is 0 Å². The van der Waals surface area contributed by atoms with Crippen LogP contribution in [0.3, 0.4) is 0 Å². The third-order valence-corrected chi connectivity index (χ3v) is 3.26. The SMILES string of the molecule is CC(=O)CC(C)n1cc(-c2ncnc3[nH]ccc23)cn1. The predicted octanol–water partition coefficient (Wildman–Crippen LogP) is 2.36. The Bertz CT molecular complexity index is 758. The van der Waals surface area contributed by atoms with Gasteiger partial charge < -0.3 is 4.98 Å². The summed E-state index contributed by atoms with van der Waals surface area (Å²) in [6, 6.07) is 1.99. The second-order valence-corrected chi connectivity index (χ2v) is 4.93. The maximum Gasteiger partial charge on any atom is 0.141 e. The molecule has 0 radical (unpaired) electrons. The molecule has 0 aromatic carbocycles. The Labute approximate surface area is 115 Å². The number of H-pyrrole nitrogens is 1. The first-order valence-corrected chi connectivity index (χ1v) is 6.47. The van der Waals surface area contributed by atoms with Gasteiger partial charge in [-0.05, 0) is 19.9 Å². The van der Waals surface area contributed by atoms with Crippen LogP contribution >= 0.6 is 0 Å². The smallest absolute Gasteiger partial charge is 0.141 e. The zero-order valence-electron chi connectivity index (χ0n) is 11.4. The number of Topliss-reactive ketones (excluding diaryl/α,β-unsaturated/α-hetero) is 1. The van der Waals surface area contributed by atoms with Gasteiger partial charge >= 0.3 is 0 Å². The number of aromatic amines is 1. The minimum atomic E-state index is 0.0461. The number of ketones is 1. The largest absolute Gasteiger partial charge is 0.346 e. The van der Waals surface area contributed by atoms with E-state index in [1.807, 2.05) is 25.4 Å². The molecule has 3 rings (SSSR count). The molecule has 1 atom stereocenters. The van der Waals surface area contributed by atoms with Crippen molar-refractivity contribution >= 4 is 16.8 Å². The normalized spacial score (nSPS) is 12.7. The molecular weight excluding hydrogens is 254 g/mol. The molecule has 20 heavy (non-hydrogen) atoms. The van der Waals surface area contributed by atoms with Gasteiger partial charge in [-0.15, -0.1) is 0 Å². The van der Waals surface area contributed by atoms with Crippen LogP contribution in [-0.2, 0) is 4.79 Å². The Morgan fingerprint density at radius 3 is 3.10 bits per heavy atom. The maximum absolute atomic E-state index is 11.2. The summed E-state index contributed by atoms with van der Waals surface area (Å²) in [6.45, 7) is 3.57. The number of aromatic nitrogens is 5. The van der Waals surface area contributed by atoms with E-state index < -0.39 is 0 Å².